The van der Waals surface area contributed by atoms with Gasteiger partial charge in [0, 0.05) is 29.0 Å². The number of hydrogen-bond acceptors (Lipinski definition) is 3. The Bertz CT molecular complexity index is 632. The summed E-state index contributed by atoms with van der Waals surface area (Å²) >= 11 is 0. The van der Waals surface area contributed by atoms with Crippen LogP contribution in [0.1, 0.15) is 26.3 Å². The molecule has 2 aromatic carbocycles. The van der Waals surface area contributed by atoms with E-state index in [2.05, 4.69) is 4.90 Å². The molecule has 0 saturated heterocycles. The second-order valence-corrected chi connectivity index (χ2v) is 4.62. The van der Waals surface area contributed by atoms with Crippen LogP contribution in [-0.4, -0.2) is 19.1 Å². The second-order valence-electron chi connectivity index (χ2n) is 4.62. The maximum atomic E-state index is 10.8. The van der Waals surface area contributed by atoms with Gasteiger partial charge in [-0.2, -0.15) is 0 Å². The smallest absolute Gasteiger partial charge is 0.150 e. The number of fused-ring (bicyclic) bond motifs is 1. The minimum atomic E-state index is 0.680. The summed E-state index contributed by atoms with van der Waals surface area (Å²) in [6, 6.07) is 13.3. The number of aldehydes is 2. The van der Waals surface area contributed by atoms with Gasteiger partial charge in [0.25, 0.3) is 0 Å². The van der Waals surface area contributed by atoms with E-state index in [4.69, 9.17) is 0 Å². The van der Waals surface area contributed by atoms with Crippen LogP contribution >= 0.6 is 0 Å². The number of nitrogens with zero attached hydrogens (tertiary/aromatic N) is 1. The number of carbonyl (C=O) groups is 2. The molecule has 1 aliphatic heterocycles. The minimum Gasteiger partial charge on any atom is -0.341 e. The molecular formula is C16H13NO2. The minimum absolute atomic E-state index is 0.680. The molecule has 1 aliphatic rings. The van der Waals surface area contributed by atoms with Crippen molar-refractivity contribution >= 4 is 23.9 Å². The van der Waals surface area contributed by atoms with Crippen molar-refractivity contribution in [3.05, 3.63) is 59.2 Å². The molecule has 0 amide bonds. The van der Waals surface area contributed by atoms with Crippen molar-refractivity contribution in [1.29, 1.82) is 0 Å². The fraction of sp³-hybridized carbons (Fsp3) is 0.125. The van der Waals surface area contributed by atoms with Crippen molar-refractivity contribution in [3.8, 4) is 0 Å². The zero-order chi connectivity index (χ0) is 13.2. The summed E-state index contributed by atoms with van der Waals surface area (Å²) in [4.78, 5) is 23.6. The molecule has 0 fully saturated rings. The summed E-state index contributed by atoms with van der Waals surface area (Å²) in [6.45, 7) is 0.901. The number of benzene rings is 2. The molecule has 2 aromatic rings. The van der Waals surface area contributed by atoms with Crippen LogP contribution in [-0.2, 0) is 6.42 Å². The van der Waals surface area contributed by atoms with Gasteiger partial charge in [0.15, 0.2) is 0 Å². The van der Waals surface area contributed by atoms with Crippen molar-refractivity contribution in [1.82, 2.24) is 0 Å². The van der Waals surface area contributed by atoms with E-state index >= 15 is 0 Å². The van der Waals surface area contributed by atoms with Crippen molar-refractivity contribution in [3.63, 3.8) is 0 Å². The van der Waals surface area contributed by atoms with Gasteiger partial charge in [-0.05, 0) is 54.4 Å². The molecule has 3 nitrogen and oxygen atoms in total. The van der Waals surface area contributed by atoms with Gasteiger partial charge in [-0.15, -0.1) is 0 Å². The lowest BCUT2D eigenvalue weighted by molar-refractivity contribution is 0.111. The molecule has 19 heavy (non-hydrogen) atoms. The summed E-state index contributed by atoms with van der Waals surface area (Å²) in [5.74, 6) is 0. The normalized spacial score (nSPS) is 13.2. The SMILES string of the molecule is O=Cc1ccc(N2CCc3cc(C=O)ccc32)cc1. The summed E-state index contributed by atoms with van der Waals surface area (Å²) in [6.07, 6.45) is 2.66. The second kappa shape index (κ2) is 4.69. The Balaban J connectivity index is 1.96. The van der Waals surface area contributed by atoms with Gasteiger partial charge in [0.2, 0.25) is 0 Å². The van der Waals surface area contributed by atoms with Crippen molar-refractivity contribution in [2.24, 2.45) is 0 Å². The zero-order valence-corrected chi connectivity index (χ0v) is 10.4. The van der Waals surface area contributed by atoms with Crippen LogP contribution in [0, 0.1) is 0 Å². The van der Waals surface area contributed by atoms with E-state index < -0.39 is 0 Å². The fourth-order valence-corrected chi connectivity index (χ4v) is 2.50. The predicted molar refractivity (Wildman–Crippen MR) is 74.4 cm³/mol. The predicted octanol–water partition coefficient (Wildman–Crippen LogP) is 3.01. The van der Waals surface area contributed by atoms with Gasteiger partial charge in [-0.1, -0.05) is 0 Å². The molecule has 0 N–H and O–H groups in total. The van der Waals surface area contributed by atoms with Gasteiger partial charge < -0.3 is 4.90 Å². The van der Waals surface area contributed by atoms with Crippen molar-refractivity contribution in [2.75, 3.05) is 11.4 Å². The molecule has 0 bridgehead atoms. The first-order chi connectivity index (χ1) is 9.31. The third-order valence-corrected chi connectivity index (χ3v) is 3.48. The third-order valence-electron chi connectivity index (χ3n) is 3.48. The van der Waals surface area contributed by atoms with E-state index in [0.717, 1.165) is 42.5 Å². The van der Waals surface area contributed by atoms with Gasteiger partial charge in [-0.3, -0.25) is 9.59 Å². The van der Waals surface area contributed by atoms with Gasteiger partial charge in [0.1, 0.15) is 12.6 Å². The standard InChI is InChI=1S/C16H13NO2/c18-10-12-1-4-15(5-2-12)17-8-7-14-9-13(11-19)3-6-16(14)17/h1-6,9-11H,7-8H2. The monoisotopic (exact) mass is 251 g/mol. The average Bonchev–Trinajstić information content (AvgIpc) is 2.90. The molecule has 3 heteroatoms. The molecule has 0 atom stereocenters. The molecule has 94 valence electrons. The van der Waals surface area contributed by atoms with Crippen LogP contribution in [0.25, 0.3) is 0 Å². The Hall–Kier alpha value is -2.42. The Morgan fingerprint density at radius 3 is 2.26 bits per heavy atom. The molecule has 0 unspecified atom stereocenters. The summed E-state index contributed by atoms with van der Waals surface area (Å²) in [5, 5.41) is 0. The molecule has 0 radical (unpaired) electrons. The lowest BCUT2D eigenvalue weighted by Gasteiger charge is -2.19. The summed E-state index contributed by atoms with van der Waals surface area (Å²) < 4.78 is 0. The highest BCUT2D eigenvalue weighted by Crippen LogP contribution is 2.34. The van der Waals surface area contributed by atoms with E-state index in [1.165, 1.54) is 5.56 Å². The van der Waals surface area contributed by atoms with Crippen LogP contribution in [0.5, 0.6) is 0 Å². The lowest BCUT2D eigenvalue weighted by Crippen LogP contribution is -2.13. The summed E-state index contributed by atoms with van der Waals surface area (Å²) in [5.41, 5.74) is 4.81. The molecule has 1 heterocycles. The highest BCUT2D eigenvalue weighted by atomic mass is 16.1. The number of anilines is 2. The first kappa shape index (κ1) is 11.7. The Morgan fingerprint density at radius 2 is 1.58 bits per heavy atom. The largest absolute Gasteiger partial charge is 0.341 e. The van der Waals surface area contributed by atoms with Gasteiger partial charge >= 0.3 is 0 Å². The molecule has 0 aliphatic carbocycles. The van der Waals surface area contributed by atoms with E-state index in [1.807, 2.05) is 42.5 Å². The number of hydrogen-bond donors (Lipinski definition) is 0. The number of carbonyl (C=O) groups excluding carboxylic acids is 2. The first-order valence-electron chi connectivity index (χ1n) is 6.23. The van der Waals surface area contributed by atoms with Crippen LogP contribution in [0.4, 0.5) is 11.4 Å². The Labute approximate surface area is 111 Å². The first-order valence-corrected chi connectivity index (χ1v) is 6.23. The lowest BCUT2D eigenvalue weighted by atomic mass is 10.1. The summed E-state index contributed by atoms with van der Waals surface area (Å²) in [7, 11) is 0. The highest BCUT2D eigenvalue weighted by Gasteiger charge is 2.20. The highest BCUT2D eigenvalue weighted by molar-refractivity contribution is 5.80. The quantitative estimate of drug-likeness (QED) is 0.787. The van der Waals surface area contributed by atoms with Crippen LogP contribution < -0.4 is 4.90 Å². The van der Waals surface area contributed by atoms with Crippen LogP contribution in [0.15, 0.2) is 42.5 Å². The average molecular weight is 251 g/mol. The topological polar surface area (TPSA) is 37.4 Å². The molecule has 0 aromatic heterocycles. The van der Waals surface area contributed by atoms with Crippen molar-refractivity contribution in [2.45, 2.75) is 6.42 Å². The van der Waals surface area contributed by atoms with E-state index in [9.17, 15) is 9.59 Å². The number of rotatable bonds is 3. The van der Waals surface area contributed by atoms with Gasteiger partial charge in [0.05, 0.1) is 0 Å². The molecule has 0 spiro atoms. The third kappa shape index (κ3) is 2.03. The molecule has 0 saturated carbocycles. The van der Waals surface area contributed by atoms with E-state index in [-0.39, 0.29) is 0 Å². The maximum absolute atomic E-state index is 10.8. The molecular weight excluding hydrogens is 238 g/mol. The Kier molecular flexibility index (Phi) is 2.88. The van der Waals surface area contributed by atoms with Crippen molar-refractivity contribution < 1.29 is 9.59 Å². The maximum Gasteiger partial charge on any atom is 0.150 e. The molecule has 3 rings (SSSR count). The van der Waals surface area contributed by atoms with Gasteiger partial charge in [-0.25, -0.2) is 0 Å². The van der Waals surface area contributed by atoms with Crippen LogP contribution in [0.2, 0.25) is 0 Å². The van der Waals surface area contributed by atoms with E-state index in [0.29, 0.717) is 5.56 Å². The van der Waals surface area contributed by atoms with Crippen LogP contribution in [0.3, 0.4) is 0 Å². The Morgan fingerprint density at radius 1 is 0.895 bits per heavy atom. The van der Waals surface area contributed by atoms with E-state index in [1.54, 1.807) is 0 Å². The zero-order valence-electron chi connectivity index (χ0n) is 10.4. The fourth-order valence-electron chi connectivity index (χ4n) is 2.50.